The number of nitrogens with one attached hydrogen (secondary N) is 1. The van der Waals surface area contributed by atoms with Crippen LogP contribution in [0.3, 0.4) is 0 Å². The zero-order valence-corrected chi connectivity index (χ0v) is 12.5. The molecule has 1 aromatic rings. The van der Waals surface area contributed by atoms with Crippen LogP contribution in [0.1, 0.15) is 32.8 Å². The number of carbonyl (C=O) groups is 1. The molecule has 0 saturated carbocycles. The molecule has 1 rings (SSSR count). The van der Waals surface area contributed by atoms with Crippen molar-refractivity contribution in [2.45, 2.75) is 27.2 Å². The second-order valence-corrected chi connectivity index (χ2v) is 4.37. The topological polar surface area (TPSA) is 53.8 Å². The van der Waals surface area contributed by atoms with Crippen LogP contribution in [0.15, 0.2) is 52.1 Å². The Morgan fingerprint density at radius 3 is 2.40 bits per heavy atom. The number of amidine groups is 2. The molecule has 0 bridgehead atoms. The van der Waals surface area contributed by atoms with Crippen LogP contribution >= 0.6 is 0 Å². The van der Waals surface area contributed by atoms with E-state index in [9.17, 15) is 4.79 Å². The molecule has 0 heterocycles. The first kappa shape index (κ1) is 15.8. The molecule has 0 amide bonds. The maximum Gasteiger partial charge on any atom is 0.156 e. The van der Waals surface area contributed by atoms with Gasteiger partial charge in [-0.1, -0.05) is 37.3 Å². The predicted molar refractivity (Wildman–Crippen MR) is 84.2 cm³/mol. The molecular weight excluding hydrogens is 250 g/mol. The largest absolute Gasteiger partial charge is 0.347 e. The van der Waals surface area contributed by atoms with Crippen molar-refractivity contribution in [3.63, 3.8) is 0 Å². The summed E-state index contributed by atoms with van der Waals surface area (Å²) < 4.78 is 0. The van der Waals surface area contributed by atoms with Gasteiger partial charge in [-0.25, -0.2) is 4.99 Å². The Hall–Kier alpha value is -2.23. The number of allylic oxidation sites excluding steroid dienone is 2. The monoisotopic (exact) mass is 271 g/mol. The van der Waals surface area contributed by atoms with Crippen LogP contribution in [0.2, 0.25) is 0 Å². The minimum Gasteiger partial charge on any atom is -0.347 e. The van der Waals surface area contributed by atoms with Gasteiger partial charge in [-0.2, -0.15) is 0 Å². The van der Waals surface area contributed by atoms with E-state index in [0.717, 1.165) is 17.7 Å². The maximum atomic E-state index is 11.1. The molecule has 4 heteroatoms. The molecule has 0 aromatic heterocycles. The van der Waals surface area contributed by atoms with Crippen molar-refractivity contribution < 1.29 is 4.79 Å². The fourth-order valence-electron chi connectivity index (χ4n) is 1.72. The molecular formula is C16H21N3O. The summed E-state index contributed by atoms with van der Waals surface area (Å²) in [6.07, 6.45) is 2.33. The van der Waals surface area contributed by atoms with E-state index < -0.39 is 0 Å². The average Bonchev–Trinajstić information content (AvgIpc) is 2.44. The lowest BCUT2D eigenvalue weighted by atomic mass is 10.2. The van der Waals surface area contributed by atoms with Crippen LogP contribution in [-0.2, 0) is 4.79 Å². The van der Waals surface area contributed by atoms with Crippen molar-refractivity contribution >= 4 is 17.5 Å². The van der Waals surface area contributed by atoms with Crippen molar-refractivity contribution in [1.29, 1.82) is 0 Å². The first-order chi connectivity index (χ1) is 9.56. The van der Waals surface area contributed by atoms with Crippen LogP contribution in [0.5, 0.6) is 0 Å². The Bertz CT molecular complexity index is 542. The highest BCUT2D eigenvalue weighted by molar-refractivity contribution is 6.06. The SMILES string of the molecule is CC/C(=C/C(C)=O)NC(C)=NC(=NC)c1ccccc1. The standard InChI is InChI=1S/C16H21N3O/c1-5-15(11-12(2)20)18-13(3)19-16(17-4)14-9-7-6-8-10-14/h6-11H,5H2,1-4H3,(H,17,18,19)/b15-11-. The molecule has 106 valence electrons. The van der Waals surface area contributed by atoms with Crippen LogP contribution in [0.4, 0.5) is 0 Å². The van der Waals surface area contributed by atoms with Crippen molar-refractivity contribution in [3.05, 3.63) is 47.7 Å². The molecule has 0 radical (unpaired) electrons. The van der Waals surface area contributed by atoms with Gasteiger partial charge >= 0.3 is 0 Å². The lowest BCUT2D eigenvalue weighted by molar-refractivity contribution is -0.112. The quantitative estimate of drug-likeness (QED) is 0.520. The molecule has 0 spiro atoms. The van der Waals surface area contributed by atoms with Gasteiger partial charge in [0.2, 0.25) is 0 Å². The summed E-state index contributed by atoms with van der Waals surface area (Å²) in [6.45, 7) is 5.38. The van der Waals surface area contributed by atoms with Gasteiger partial charge in [0.1, 0.15) is 5.84 Å². The Morgan fingerprint density at radius 2 is 1.90 bits per heavy atom. The van der Waals surface area contributed by atoms with Gasteiger partial charge < -0.3 is 5.32 Å². The van der Waals surface area contributed by atoms with E-state index in [1.54, 1.807) is 13.1 Å². The molecule has 0 aliphatic carbocycles. The lowest BCUT2D eigenvalue weighted by Crippen LogP contribution is -2.21. The minimum atomic E-state index is 0.0228. The summed E-state index contributed by atoms with van der Waals surface area (Å²) in [4.78, 5) is 19.8. The van der Waals surface area contributed by atoms with E-state index in [0.29, 0.717) is 11.7 Å². The molecule has 4 nitrogen and oxygen atoms in total. The zero-order chi connectivity index (χ0) is 15.0. The Kier molecular flexibility index (Phi) is 6.37. The highest BCUT2D eigenvalue weighted by Gasteiger charge is 2.02. The molecule has 0 aliphatic heterocycles. The third kappa shape index (κ3) is 5.18. The van der Waals surface area contributed by atoms with E-state index in [1.165, 1.54) is 6.92 Å². The molecule has 0 fully saturated rings. The summed E-state index contributed by atoms with van der Waals surface area (Å²) in [6, 6.07) is 9.78. The molecule has 1 aromatic carbocycles. The number of hydrogen-bond acceptors (Lipinski definition) is 2. The van der Waals surface area contributed by atoms with Crippen molar-refractivity contribution in [2.24, 2.45) is 9.98 Å². The van der Waals surface area contributed by atoms with Gasteiger partial charge in [0, 0.05) is 24.4 Å². The second kappa shape index (κ2) is 8.04. The summed E-state index contributed by atoms with van der Waals surface area (Å²) in [7, 11) is 1.71. The number of ketones is 1. The third-order valence-electron chi connectivity index (χ3n) is 2.62. The van der Waals surface area contributed by atoms with Crippen LogP contribution in [0, 0.1) is 0 Å². The van der Waals surface area contributed by atoms with Gasteiger partial charge in [0.25, 0.3) is 0 Å². The number of carbonyl (C=O) groups excluding carboxylic acids is 1. The van der Waals surface area contributed by atoms with Gasteiger partial charge in [-0.3, -0.25) is 9.79 Å². The first-order valence-corrected chi connectivity index (χ1v) is 6.62. The molecule has 1 N–H and O–H groups in total. The van der Waals surface area contributed by atoms with E-state index in [2.05, 4.69) is 15.3 Å². The van der Waals surface area contributed by atoms with Gasteiger partial charge in [-0.15, -0.1) is 0 Å². The highest BCUT2D eigenvalue weighted by Crippen LogP contribution is 2.03. The predicted octanol–water partition coefficient (Wildman–Crippen LogP) is 2.95. The average molecular weight is 271 g/mol. The number of rotatable bonds is 4. The fraction of sp³-hybridized carbons (Fsp3) is 0.312. The van der Waals surface area contributed by atoms with E-state index >= 15 is 0 Å². The number of benzene rings is 1. The van der Waals surface area contributed by atoms with E-state index in [4.69, 9.17) is 0 Å². The summed E-state index contributed by atoms with van der Waals surface area (Å²) in [5.41, 5.74) is 1.81. The minimum absolute atomic E-state index is 0.0228. The molecule has 0 aliphatic rings. The van der Waals surface area contributed by atoms with E-state index in [1.807, 2.05) is 44.2 Å². The second-order valence-electron chi connectivity index (χ2n) is 4.37. The Morgan fingerprint density at radius 1 is 1.25 bits per heavy atom. The summed E-state index contributed by atoms with van der Waals surface area (Å²) in [5, 5.41) is 3.14. The Labute approximate surface area is 120 Å². The third-order valence-corrected chi connectivity index (χ3v) is 2.62. The normalized spacial score (nSPS) is 13.3. The molecule has 0 saturated heterocycles. The lowest BCUT2D eigenvalue weighted by Gasteiger charge is -2.09. The van der Waals surface area contributed by atoms with Crippen LogP contribution < -0.4 is 5.32 Å². The Balaban J connectivity index is 2.90. The molecule has 20 heavy (non-hydrogen) atoms. The molecule has 0 atom stereocenters. The van der Waals surface area contributed by atoms with Gasteiger partial charge in [0.15, 0.2) is 11.6 Å². The van der Waals surface area contributed by atoms with Crippen molar-refractivity contribution in [3.8, 4) is 0 Å². The number of aliphatic imine (C=N–C) groups is 2. The highest BCUT2D eigenvalue weighted by atomic mass is 16.1. The van der Waals surface area contributed by atoms with Crippen molar-refractivity contribution in [2.75, 3.05) is 7.05 Å². The van der Waals surface area contributed by atoms with Gasteiger partial charge in [-0.05, 0) is 20.3 Å². The van der Waals surface area contributed by atoms with Crippen LogP contribution in [0.25, 0.3) is 0 Å². The van der Waals surface area contributed by atoms with Gasteiger partial charge in [0.05, 0.1) is 0 Å². The van der Waals surface area contributed by atoms with Crippen LogP contribution in [-0.4, -0.2) is 24.5 Å². The summed E-state index contributed by atoms with van der Waals surface area (Å²) >= 11 is 0. The maximum absolute atomic E-state index is 11.1. The smallest absolute Gasteiger partial charge is 0.156 e. The number of hydrogen-bond donors (Lipinski definition) is 1. The zero-order valence-electron chi connectivity index (χ0n) is 12.5. The molecule has 0 unspecified atom stereocenters. The fourth-order valence-corrected chi connectivity index (χ4v) is 1.72. The number of nitrogens with zero attached hydrogens (tertiary/aromatic N) is 2. The first-order valence-electron chi connectivity index (χ1n) is 6.62. The summed E-state index contributed by atoms with van der Waals surface area (Å²) in [5.74, 6) is 1.40. The van der Waals surface area contributed by atoms with Crippen molar-refractivity contribution in [1.82, 2.24) is 5.32 Å². The van der Waals surface area contributed by atoms with E-state index in [-0.39, 0.29) is 5.78 Å².